The first-order valence-corrected chi connectivity index (χ1v) is 5.96. The lowest BCUT2D eigenvalue weighted by atomic mass is 10.0. The number of aryl methyl sites for hydroxylation is 2. The van der Waals surface area contributed by atoms with Gasteiger partial charge in [-0.15, -0.1) is 0 Å². The van der Waals surface area contributed by atoms with E-state index in [0.29, 0.717) is 5.02 Å². The van der Waals surface area contributed by atoms with Gasteiger partial charge < -0.3 is 5.11 Å². The number of hydrogen-bond acceptors (Lipinski definition) is 1. The van der Waals surface area contributed by atoms with Crippen LogP contribution in [0.1, 0.15) is 47.7 Å². The van der Waals surface area contributed by atoms with Gasteiger partial charge in [0.25, 0.3) is 0 Å². The van der Waals surface area contributed by atoms with E-state index in [0.717, 1.165) is 24.0 Å². The molecule has 1 aromatic rings. The van der Waals surface area contributed by atoms with E-state index >= 15 is 0 Å². The summed E-state index contributed by atoms with van der Waals surface area (Å²) in [5.41, 5.74) is 2.09. The fraction of sp³-hybridized carbons (Fsp3) is 0.462. The van der Waals surface area contributed by atoms with Gasteiger partial charge in [-0.2, -0.15) is 0 Å². The van der Waals surface area contributed by atoms with Gasteiger partial charge >= 0.3 is 5.97 Å². The molecule has 0 fully saturated rings. The van der Waals surface area contributed by atoms with Crippen molar-refractivity contribution in [2.45, 2.75) is 39.5 Å². The molecular weight excluding hydrogens is 224 g/mol. The predicted molar refractivity (Wildman–Crippen MR) is 66.4 cm³/mol. The number of carboxylic acid groups (broad SMARTS) is 1. The number of rotatable bonds is 5. The average molecular weight is 241 g/mol. The first-order valence-electron chi connectivity index (χ1n) is 5.58. The van der Waals surface area contributed by atoms with Crippen LogP contribution in [0.3, 0.4) is 0 Å². The van der Waals surface area contributed by atoms with Gasteiger partial charge in [-0.25, -0.2) is 4.79 Å². The Balaban J connectivity index is 2.87. The van der Waals surface area contributed by atoms with Crippen molar-refractivity contribution in [2.75, 3.05) is 0 Å². The molecule has 1 rings (SSSR count). The second-order valence-corrected chi connectivity index (χ2v) is 4.44. The average Bonchev–Trinajstić information content (AvgIpc) is 2.16. The Kier molecular flexibility index (Phi) is 4.81. The quantitative estimate of drug-likeness (QED) is 0.788. The molecule has 0 unspecified atom stereocenters. The first-order chi connectivity index (χ1) is 7.56. The van der Waals surface area contributed by atoms with Crippen molar-refractivity contribution in [1.29, 1.82) is 0 Å². The first kappa shape index (κ1) is 13.0. The second-order valence-electron chi connectivity index (χ2n) is 4.03. The number of benzene rings is 1. The summed E-state index contributed by atoms with van der Waals surface area (Å²) in [7, 11) is 0. The van der Waals surface area contributed by atoms with Gasteiger partial charge in [-0.3, -0.25) is 0 Å². The van der Waals surface area contributed by atoms with Crippen molar-refractivity contribution in [1.82, 2.24) is 0 Å². The Morgan fingerprint density at radius 2 is 2.06 bits per heavy atom. The van der Waals surface area contributed by atoms with E-state index < -0.39 is 5.97 Å². The van der Waals surface area contributed by atoms with Gasteiger partial charge in [0.1, 0.15) is 0 Å². The van der Waals surface area contributed by atoms with E-state index in [4.69, 9.17) is 16.7 Å². The van der Waals surface area contributed by atoms with E-state index in [1.807, 2.05) is 6.07 Å². The van der Waals surface area contributed by atoms with E-state index in [9.17, 15) is 4.79 Å². The summed E-state index contributed by atoms with van der Waals surface area (Å²) < 4.78 is 0. The van der Waals surface area contributed by atoms with Gasteiger partial charge in [-0.05, 0) is 37.0 Å². The maximum atomic E-state index is 10.9. The molecule has 0 bridgehead atoms. The van der Waals surface area contributed by atoms with Crippen LogP contribution in [0.15, 0.2) is 12.1 Å². The number of aromatic carboxylic acids is 1. The topological polar surface area (TPSA) is 37.3 Å². The fourth-order valence-electron chi connectivity index (χ4n) is 1.81. The third-order valence-electron chi connectivity index (χ3n) is 2.63. The molecule has 0 aliphatic carbocycles. The van der Waals surface area contributed by atoms with Crippen molar-refractivity contribution in [3.63, 3.8) is 0 Å². The van der Waals surface area contributed by atoms with Crippen LogP contribution in [-0.2, 0) is 6.42 Å². The van der Waals surface area contributed by atoms with Gasteiger partial charge in [0.15, 0.2) is 0 Å². The van der Waals surface area contributed by atoms with Gasteiger partial charge in [0.2, 0.25) is 0 Å². The maximum Gasteiger partial charge on any atom is 0.337 e. The smallest absolute Gasteiger partial charge is 0.337 e. The highest BCUT2D eigenvalue weighted by molar-refractivity contribution is 6.33. The molecule has 0 radical (unpaired) electrons. The number of hydrogen-bond donors (Lipinski definition) is 1. The van der Waals surface area contributed by atoms with Crippen molar-refractivity contribution in [3.8, 4) is 0 Å². The molecule has 0 atom stereocenters. The summed E-state index contributed by atoms with van der Waals surface area (Å²) in [6.07, 6.45) is 4.46. The Morgan fingerprint density at radius 3 is 2.56 bits per heavy atom. The Hall–Kier alpha value is -1.02. The third-order valence-corrected chi connectivity index (χ3v) is 2.93. The normalized spacial score (nSPS) is 10.4. The zero-order valence-corrected chi connectivity index (χ0v) is 10.5. The molecule has 16 heavy (non-hydrogen) atoms. The van der Waals surface area contributed by atoms with E-state index in [1.54, 1.807) is 13.0 Å². The monoisotopic (exact) mass is 240 g/mol. The minimum absolute atomic E-state index is 0.223. The summed E-state index contributed by atoms with van der Waals surface area (Å²) in [5, 5.41) is 9.31. The molecule has 0 aliphatic heterocycles. The molecule has 3 heteroatoms. The molecule has 88 valence electrons. The highest BCUT2D eigenvalue weighted by Gasteiger charge is 2.12. The minimum Gasteiger partial charge on any atom is -0.478 e. The Labute approximate surface area is 101 Å². The predicted octanol–water partition coefficient (Wildman–Crippen LogP) is 4.08. The molecule has 2 nitrogen and oxygen atoms in total. The van der Waals surface area contributed by atoms with Crippen LogP contribution < -0.4 is 0 Å². The molecule has 0 heterocycles. The Morgan fingerprint density at radius 1 is 1.38 bits per heavy atom. The standard InChI is InChI=1S/C13H17ClO2/c1-3-4-5-6-10-7-9(2)12(13(15)16)11(14)8-10/h7-8H,3-6H2,1-2H3,(H,15,16). The van der Waals surface area contributed by atoms with Crippen LogP contribution in [0.4, 0.5) is 0 Å². The molecule has 0 aliphatic rings. The van der Waals surface area contributed by atoms with E-state index in [2.05, 4.69) is 6.92 Å². The number of carboxylic acids is 1. The number of halogens is 1. The summed E-state index contributed by atoms with van der Waals surface area (Å²) >= 11 is 5.96. The van der Waals surface area contributed by atoms with Crippen LogP contribution in [0.25, 0.3) is 0 Å². The number of carbonyl (C=O) groups is 1. The summed E-state index contributed by atoms with van der Waals surface area (Å²) in [6.45, 7) is 3.95. The summed E-state index contributed by atoms with van der Waals surface area (Å²) in [4.78, 5) is 10.9. The fourth-order valence-corrected chi connectivity index (χ4v) is 2.18. The van der Waals surface area contributed by atoms with Crippen molar-refractivity contribution < 1.29 is 9.90 Å². The molecule has 0 saturated heterocycles. The van der Waals surface area contributed by atoms with E-state index in [1.165, 1.54) is 12.8 Å². The van der Waals surface area contributed by atoms with E-state index in [-0.39, 0.29) is 5.56 Å². The number of unbranched alkanes of at least 4 members (excludes halogenated alkanes) is 2. The second kappa shape index (κ2) is 5.90. The summed E-state index contributed by atoms with van der Waals surface area (Å²) in [5.74, 6) is -0.956. The lowest BCUT2D eigenvalue weighted by molar-refractivity contribution is 0.0696. The van der Waals surface area contributed by atoms with Gasteiger partial charge in [0.05, 0.1) is 10.6 Å². The lowest BCUT2D eigenvalue weighted by Crippen LogP contribution is -2.02. The van der Waals surface area contributed by atoms with Crippen LogP contribution in [-0.4, -0.2) is 11.1 Å². The SMILES string of the molecule is CCCCCc1cc(C)c(C(=O)O)c(Cl)c1. The molecule has 0 saturated carbocycles. The van der Waals surface area contributed by atoms with Crippen LogP contribution in [0.5, 0.6) is 0 Å². The van der Waals surface area contributed by atoms with Crippen molar-refractivity contribution in [3.05, 3.63) is 33.8 Å². The van der Waals surface area contributed by atoms with Crippen molar-refractivity contribution >= 4 is 17.6 Å². The van der Waals surface area contributed by atoms with Crippen molar-refractivity contribution in [2.24, 2.45) is 0 Å². The maximum absolute atomic E-state index is 10.9. The highest BCUT2D eigenvalue weighted by atomic mass is 35.5. The largest absolute Gasteiger partial charge is 0.478 e. The third kappa shape index (κ3) is 3.24. The molecule has 0 aromatic heterocycles. The summed E-state index contributed by atoms with van der Waals surface area (Å²) in [6, 6.07) is 3.69. The van der Waals surface area contributed by atoms with Gasteiger partial charge in [-0.1, -0.05) is 37.4 Å². The zero-order chi connectivity index (χ0) is 12.1. The lowest BCUT2D eigenvalue weighted by Gasteiger charge is -2.07. The van der Waals surface area contributed by atoms with Crippen LogP contribution in [0, 0.1) is 6.92 Å². The molecule has 0 amide bonds. The minimum atomic E-state index is -0.956. The van der Waals surface area contributed by atoms with Crippen LogP contribution in [0.2, 0.25) is 5.02 Å². The Bertz CT molecular complexity index is 363. The molecule has 1 N–H and O–H groups in total. The molecule has 0 spiro atoms. The van der Waals surface area contributed by atoms with Gasteiger partial charge in [0, 0.05) is 0 Å². The van der Waals surface area contributed by atoms with Crippen LogP contribution >= 0.6 is 11.6 Å². The highest BCUT2D eigenvalue weighted by Crippen LogP contribution is 2.23. The molecule has 1 aromatic carbocycles. The zero-order valence-electron chi connectivity index (χ0n) is 9.72. The molecular formula is C13H17ClO2.